The number of alkyl carbamates (subject to hydrolysis) is 1. The summed E-state index contributed by atoms with van der Waals surface area (Å²) in [7, 11) is 1.45. The summed E-state index contributed by atoms with van der Waals surface area (Å²) in [4.78, 5) is 30.7. The molecule has 1 saturated heterocycles. The van der Waals surface area contributed by atoms with E-state index < -0.39 is 23.4 Å². The predicted molar refractivity (Wildman–Crippen MR) is 94.6 cm³/mol. The van der Waals surface area contributed by atoms with Gasteiger partial charge in [-0.1, -0.05) is 5.16 Å². The standard InChI is InChI=1S/C17H31N3O5/c1-11-13(19-23-8)12(9-18-14(21)24-16(2,3)4)10-20(11)15(22)25-17(5,6)7/h11-12H,9-10H2,1-8H3,(H,18,21)/t11-,12?/m1/s1. The van der Waals surface area contributed by atoms with E-state index in [1.54, 1.807) is 25.7 Å². The van der Waals surface area contributed by atoms with Gasteiger partial charge in [-0.05, 0) is 48.5 Å². The Kier molecular flexibility index (Phi) is 6.68. The van der Waals surface area contributed by atoms with E-state index in [-0.39, 0.29) is 12.0 Å². The molecule has 0 aromatic carbocycles. The summed E-state index contributed by atoms with van der Waals surface area (Å²) in [6, 6.07) is -0.278. The van der Waals surface area contributed by atoms with Gasteiger partial charge in [-0.15, -0.1) is 0 Å². The summed E-state index contributed by atoms with van der Waals surface area (Å²) < 4.78 is 10.7. The first-order valence-corrected chi connectivity index (χ1v) is 8.41. The second kappa shape index (κ2) is 7.93. The van der Waals surface area contributed by atoms with Crippen LogP contribution in [0, 0.1) is 5.92 Å². The highest BCUT2D eigenvalue weighted by molar-refractivity contribution is 5.96. The molecule has 1 heterocycles. The quantitative estimate of drug-likeness (QED) is 0.785. The summed E-state index contributed by atoms with van der Waals surface area (Å²) in [5, 5.41) is 6.76. The summed E-state index contributed by atoms with van der Waals surface area (Å²) in [5.74, 6) is -0.171. The van der Waals surface area contributed by atoms with Crippen molar-refractivity contribution in [2.75, 3.05) is 20.2 Å². The van der Waals surface area contributed by atoms with Crippen molar-refractivity contribution in [1.29, 1.82) is 0 Å². The number of carbonyl (C=O) groups is 2. The van der Waals surface area contributed by atoms with Crippen LogP contribution in [0.4, 0.5) is 9.59 Å². The minimum Gasteiger partial charge on any atom is -0.444 e. The van der Waals surface area contributed by atoms with Crippen molar-refractivity contribution in [2.24, 2.45) is 11.1 Å². The highest BCUT2D eigenvalue weighted by Crippen LogP contribution is 2.23. The van der Waals surface area contributed by atoms with Crippen LogP contribution in [0.15, 0.2) is 5.16 Å². The first-order valence-electron chi connectivity index (χ1n) is 8.41. The molecule has 8 heteroatoms. The molecule has 8 nitrogen and oxygen atoms in total. The van der Waals surface area contributed by atoms with E-state index in [4.69, 9.17) is 14.3 Å². The van der Waals surface area contributed by atoms with Crippen LogP contribution >= 0.6 is 0 Å². The zero-order valence-electron chi connectivity index (χ0n) is 16.5. The molecule has 1 rings (SSSR count). The van der Waals surface area contributed by atoms with Crippen molar-refractivity contribution in [3.8, 4) is 0 Å². The number of rotatable bonds is 3. The van der Waals surface area contributed by atoms with E-state index in [1.165, 1.54) is 7.11 Å². The van der Waals surface area contributed by atoms with Crippen LogP contribution in [-0.2, 0) is 14.3 Å². The summed E-state index contributed by atoms with van der Waals surface area (Å²) in [6.07, 6.45) is -0.920. The minimum absolute atomic E-state index is 0.171. The smallest absolute Gasteiger partial charge is 0.410 e. The van der Waals surface area contributed by atoms with Gasteiger partial charge >= 0.3 is 12.2 Å². The fourth-order valence-corrected chi connectivity index (χ4v) is 2.49. The highest BCUT2D eigenvalue weighted by atomic mass is 16.6. The van der Waals surface area contributed by atoms with Gasteiger partial charge in [0.2, 0.25) is 0 Å². The molecule has 2 amide bonds. The van der Waals surface area contributed by atoms with Gasteiger partial charge in [-0.25, -0.2) is 9.59 Å². The minimum atomic E-state index is -0.581. The Bertz CT molecular complexity index is 519. The van der Waals surface area contributed by atoms with Crippen LogP contribution in [0.3, 0.4) is 0 Å². The van der Waals surface area contributed by atoms with Gasteiger partial charge in [-0.3, -0.25) is 4.90 Å². The van der Waals surface area contributed by atoms with Gasteiger partial charge in [0.05, 0.1) is 11.8 Å². The van der Waals surface area contributed by atoms with Crippen LogP contribution in [0.2, 0.25) is 0 Å². The number of ether oxygens (including phenoxy) is 2. The van der Waals surface area contributed by atoms with Crippen molar-refractivity contribution in [3.05, 3.63) is 0 Å². The van der Waals surface area contributed by atoms with E-state index in [1.807, 2.05) is 27.7 Å². The Hall–Kier alpha value is -1.99. The second-order valence-corrected chi connectivity index (χ2v) is 8.09. The molecular formula is C17H31N3O5. The lowest BCUT2D eigenvalue weighted by atomic mass is 10.0. The van der Waals surface area contributed by atoms with Crippen LogP contribution in [-0.4, -0.2) is 60.2 Å². The number of nitrogens with zero attached hydrogens (tertiary/aromatic N) is 2. The number of carbonyl (C=O) groups excluding carboxylic acids is 2. The lowest BCUT2D eigenvalue weighted by molar-refractivity contribution is 0.0245. The third-order valence-electron chi connectivity index (χ3n) is 3.45. The van der Waals surface area contributed by atoms with Gasteiger partial charge in [0.25, 0.3) is 0 Å². The van der Waals surface area contributed by atoms with E-state index in [0.717, 1.165) is 0 Å². The van der Waals surface area contributed by atoms with Crippen LogP contribution in [0.5, 0.6) is 0 Å². The molecule has 2 atom stereocenters. The van der Waals surface area contributed by atoms with E-state index in [9.17, 15) is 9.59 Å². The number of oxime groups is 1. The normalized spacial score (nSPS) is 22.7. The SMILES string of the molecule is CON=C1C(CNC(=O)OC(C)(C)C)CN(C(=O)OC(C)(C)C)[C@@H]1C. The largest absolute Gasteiger partial charge is 0.444 e. The number of nitrogens with one attached hydrogen (secondary N) is 1. The Balaban J connectivity index is 2.77. The molecule has 1 N–H and O–H groups in total. The Morgan fingerprint density at radius 1 is 1.16 bits per heavy atom. The molecular weight excluding hydrogens is 326 g/mol. The fraction of sp³-hybridized carbons (Fsp3) is 0.824. The lowest BCUT2D eigenvalue weighted by Gasteiger charge is -2.26. The molecule has 0 aromatic rings. The number of amides is 2. The molecule has 1 aliphatic rings. The topological polar surface area (TPSA) is 89.5 Å². The second-order valence-electron chi connectivity index (χ2n) is 8.09. The van der Waals surface area contributed by atoms with Gasteiger partial charge in [-0.2, -0.15) is 0 Å². The summed E-state index contributed by atoms with van der Waals surface area (Å²) >= 11 is 0. The van der Waals surface area contributed by atoms with E-state index in [0.29, 0.717) is 18.8 Å². The maximum Gasteiger partial charge on any atom is 0.410 e. The van der Waals surface area contributed by atoms with E-state index in [2.05, 4.69) is 10.5 Å². The first-order chi connectivity index (χ1) is 11.3. The number of hydrogen-bond acceptors (Lipinski definition) is 6. The molecule has 0 spiro atoms. The Morgan fingerprint density at radius 2 is 1.72 bits per heavy atom. The molecule has 0 bridgehead atoms. The maximum atomic E-state index is 12.4. The summed E-state index contributed by atoms with van der Waals surface area (Å²) in [5.41, 5.74) is -0.467. The van der Waals surface area contributed by atoms with Crippen molar-refractivity contribution in [1.82, 2.24) is 10.2 Å². The monoisotopic (exact) mass is 357 g/mol. The molecule has 25 heavy (non-hydrogen) atoms. The average molecular weight is 357 g/mol. The zero-order valence-corrected chi connectivity index (χ0v) is 16.5. The maximum absolute atomic E-state index is 12.4. The van der Waals surface area contributed by atoms with Crippen molar-refractivity contribution >= 4 is 17.9 Å². The molecule has 0 aliphatic carbocycles. The number of likely N-dealkylation sites (tertiary alicyclic amines) is 1. The van der Waals surface area contributed by atoms with Crippen molar-refractivity contribution < 1.29 is 23.9 Å². The molecule has 1 aliphatic heterocycles. The van der Waals surface area contributed by atoms with Gasteiger partial charge < -0.3 is 19.6 Å². The van der Waals surface area contributed by atoms with Crippen LogP contribution < -0.4 is 5.32 Å². The van der Waals surface area contributed by atoms with Gasteiger partial charge in [0.15, 0.2) is 0 Å². The molecule has 0 radical (unpaired) electrons. The molecule has 0 aromatic heterocycles. The van der Waals surface area contributed by atoms with Crippen molar-refractivity contribution in [3.63, 3.8) is 0 Å². The summed E-state index contributed by atoms with van der Waals surface area (Å²) in [6.45, 7) is 13.4. The predicted octanol–water partition coefficient (Wildman–Crippen LogP) is 2.77. The van der Waals surface area contributed by atoms with Gasteiger partial charge in [0, 0.05) is 19.0 Å². The third kappa shape index (κ3) is 6.80. The molecule has 144 valence electrons. The number of hydrogen-bond donors (Lipinski definition) is 1. The highest BCUT2D eigenvalue weighted by Gasteiger charge is 2.41. The van der Waals surface area contributed by atoms with Gasteiger partial charge in [0.1, 0.15) is 18.3 Å². The average Bonchev–Trinajstić information content (AvgIpc) is 2.71. The molecule has 1 fully saturated rings. The van der Waals surface area contributed by atoms with Crippen LogP contribution in [0.25, 0.3) is 0 Å². The molecule has 0 saturated carbocycles. The Labute approximate surface area is 149 Å². The van der Waals surface area contributed by atoms with E-state index >= 15 is 0 Å². The zero-order chi connectivity index (χ0) is 19.4. The fourth-order valence-electron chi connectivity index (χ4n) is 2.49. The van der Waals surface area contributed by atoms with Crippen molar-refractivity contribution in [2.45, 2.75) is 65.7 Å². The third-order valence-corrected chi connectivity index (χ3v) is 3.45. The molecule has 1 unspecified atom stereocenters. The Morgan fingerprint density at radius 3 is 2.20 bits per heavy atom. The lowest BCUT2D eigenvalue weighted by Crippen LogP contribution is -2.40. The van der Waals surface area contributed by atoms with Crippen LogP contribution in [0.1, 0.15) is 48.5 Å². The first kappa shape index (κ1) is 21.1.